The molecule has 1 saturated carbocycles. The molecule has 0 radical (unpaired) electrons. The van der Waals surface area contributed by atoms with Crippen LogP contribution in [0.25, 0.3) is 0 Å². The standard InChI is InChI=1S/C13H23N3S/c1-3-14-9-11-10-17-13(15-11)16(2)12-7-5-4-6-8-12/h10,12,14H,3-9H2,1-2H3. The Morgan fingerprint density at radius 3 is 2.88 bits per heavy atom. The molecule has 0 unspecified atom stereocenters. The highest BCUT2D eigenvalue weighted by Gasteiger charge is 2.20. The summed E-state index contributed by atoms with van der Waals surface area (Å²) in [5.74, 6) is 0. The number of rotatable bonds is 5. The minimum absolute atomic E-state index is 0.710. The number of hydrogen-bond donors (Lipinski definition) is 1. The van der Waals surface area contributed by atoms with Gasteiger partial charge in [-0.1, -0.05) is 26.2 Å². The highest BCUT2D eigenvalue weighted by molar-refractivity contribution is 7.13. The predicted octanol–water partition coefficient (Wildman–Crippen LogP) is 3.02. The molecule has 1 fully saturated rings. The van der Waals surface area contributed by atoms with Crippen LogP contribution in [0.1, 0.15) is 44.7 Å². The first-order valence-corrected chi connectivity index (χ1v) is 7.57. The molecule has 0 aliphatic heterocycles. The summed E-state index contributed by atoms with van der Waals surface area (Å²) in [6, 6.07) is 0.710. The van der Waals surface area contributed by atoms with Crippen LogP contribution in [0.5, 0.6) is 0 Å². The monoisotopic (exact) mass is 253 g/mol. The lowest BCUT2D eigenvalue weighted by atomic mass is 9.95. The van der Waals surface area contributed by atoms with E-state index in [-0.39, 0.29) is 0 Å². The van der Waals surface area contributed by atoms with E-state index in [0.717, 1.165) is 13.1 Å². The molecular formula is C13H23N3S. The molecule has 2 rings (SSSR count). The molecule has 1 aromatic rings. The van der Waals surface area contributed by atoms with Gasteiger partial charge in [0.05, 0.1) is 5.69 Å². The van der Waals surface area contributed by atoms with Gasteiger partial charge in [-0.2, -0.15) is 0 Å². The number of anilines is 1. The van der Waals surface area contributed by atoms with Crippen molar-refractivity contribution < 1.29 is 0 Å². The fourth-order valence-electron chi connectivity index (χ4n) is 2.42. The van der Waals surface area contributed by atoms with Gasteiger partial charge in [-0.25, -0.2) is 4.98 Å². The van der Waals surface area contributed by atoms with E-state index in [1.807, 2.05) is 0 Å². The van der Waals surface area contributed by atoms with Crippen molar-refractivity contribution in [3.8, 4) is 0 Å². The molecule has 96 valence electrons. The average Bonchev–Trinajstić information content (AvgIpc) is 2.85. The summed E-state index contributed by atoms with van der Waals surface area (Å²) in [6.45, 7) is 4.03. The second kappa shape index (κ2) is 6.36. The topological polar surface area (TPSA) is 28.2 Å². The van der Waals surface area contributed by atoms with E-state index in [2.05, 4.69) is 29.6 Å². The van der Waals surface area contributed by atoms with Crippen LogP contribution in [0.15, 0.2) is 5.38 Å². The fourth-order valence-corrected chi connectivity index (χ4v) is 3.28. The summed E-state index contributed by atoms with van der Waals surface area (Å²) in [4.78, 5) is 7.09. The first-order valence-electron chi connectivity index (χ1n) is 6.69. The number of nitrogens with zero attached hydrogens (tertiary/aromatic N) is 2. The van der Waals surface area contributed by atoms with Crippen molar-refractivity contribution in [2.24, 2.45) is 0 Å². The van der Waals surface area contributed by atoms with Gasteiger partial charge in [0.15, 0.2) is 5.13 Å². The molecule has 0 bridgehead atoms. The highest BCUT2D eigenvalue weighted by atomic mass is 32.1. The minimum atomic E-state index is 0.710. The molecule has 0 amide bonds. The van der Waals surface area contributed by atoms with Gasteiger partial charge in [-0.15, -0.1) is 11.3 Å². The van der Waals surface area contributed by atoms with Gasteiger partial charge < -0.3 is 10.2 Å². The summed E-state index contributed by atoms with van der Waals surface area (Å²) >= 11 is 1.78. The lowest BCUT2D eigenvalue weighted by Crippen LogP contribution is -2.33. The zero-order valence-corrected chi connectivity index (χ0v) is 11.7. The Hall–Kier alpha value is -0.610. The van der Waals surface area contributed by atoms with E-state index in [1.54, 1.807) is 11.3 Å². The molecule has 17 heavy (non-hydrogen) atoms. The van der Waals surface area contributed by atoms with Crippen LogP contribution in [0.2, 0.25) is 0 Å². The second-order valence-electron chi connectivity index (χ2n) is 4.80. The first kappa shape index (κ1) is 12.8. The Morgan fingerprint density at radius 2 is 2.18 bits per heavy atom. The molecule has 1 aliphatic rings. The van der Waals surface area contributed by atoms with Crippen molar-refractivity contribution in [2.45, 2.75) is 51.6 Å². The van der Waals surface area contributed by atoms with Gasteiger partial charge in [0, 0.05) is 25.0 Å². The quantitative estimate of drug-likeness (QED) is 0.874. The molecule has 1 aliphatic carbocycles. The lowest BCUT2D eigenvalue weighted by Gasteiger charge is -2.30. The zero-order valence-electron chi connectivity index (χ0n) is 10.9. The second-order valence-corrected chi connectivity index (χ2v) is 5.64. The predicted molar refractivity (Wildman–Crippen MR) is 74.8 cm³/mol. The van der Waals surface area contributed by atoms with Crippen molar-refractivity contribution in [1.82, 2.24) is 10.3 Å². The van der Waals surface area contributed by atoms with Crippen LogP contribution in [-0.2, 0) is 6.54 Å². The Kier molecular flexibility index (Phi) is 4.80. The van der Waals surface area contributed by atoms with E-state index in [1.165, 1.54) is 42.9 Å². The number of thiazole rings is 1. The maximum Gasteiger partial charge on any atom is 0.185 e. The maximum atomic E-state index is 4.70. The van der Waals surface area contributed by atoms with Crippen LogP contribution in [0, 0.1) is 0 Å². The zero-order chi connectivity index (χ0) is 12.1. The van der Waals surface area contributed by atoms with E-state index in [9.17, 15) is 0 Å². The van der Waals surface area contributed by atoms with Gasteiger partial charge in [0.25, 0.3) is 0 Å². The Balaban J connectivity index is 1.93. The molecule has 1 heterocycles. The molecule has 1 N–H and O–H groups in total. The summed E-state index contributed by atoms with van der Waals surface area (Å²) in [7, 11) is 2.20. The average molecular weight is 253 g/mol. The van der Waals surface area contributed by atoms with Crippen molar-refractivity contribution in [1.29, 1.82) is 0 Å². The van der Waals surface area contributed by atoms with Crippen molar-refractivity contribution in [3.05, 3.63) is 11.1 Å². The summed E-state index contributed by atoms with van der Waals surface area (Å²) < 4.78 is 0. The van der Waals surface area contributed by atoms with Crippen molar-refractivity contribution >= 4 is 16.5 Å². The van der Waals surface area contributed by atoms with E-state index < -0.39 is 0 Å². The fraction of sp³-hybridized carbons (Fsp3) is 0.769. The molecule has 4 heteroatoms. The van der Waals surface area contributed by atoms with Gasteiger partial charge >= 0.3 is 0 Å². The smallest absolute Gasteiger partial charge is 0.185 e. The molecule has 0 saturated heterocycles. The Bertz CT molecular complexity index is 331. The number of hydrogen-bond acceptors (Lipinski definition) is 4. The van der Waals surface area contributed by atoms with Gasteiger partial charge in [0.2, 0.25) is 0 Å². The van der Waals surface area contributed by atoms with Crippen LogP contribution in [-0.4, -0.2) is 24.6 Å². The van der Waals surface area contributed by atoms with Gasteiger partial charge in [-0.05, 0) is 19.4 Å². The molecule has 3 nitrogen and oxygen atoms in total. The van der Waals surface area contributed by atoms with Crippen molar-refractivity contribution in [2.75, 3.05) is 18.5 Å². The molecule has 0 atom stereocenters. The van der Waals surface area contributed by atoms with E-state index >= 15 is 0 Å². The van der Waals surface area contributed by atoms with Crippen LogP contribution in [0.3, 0.4) is 0 Å². The summed E-state index contributed by atoms with van der Waals surface area (Å²) in [5, 5.41) is 6.68. The van der Waals surface area contributed by atoms with Crippen LogP contribution < -0.4 is 10.2 Å². The number of nitrogens with one attached hydrogen (secondary N) is 1. The Morgan fingerprint density at radius 1 is 1.41 bits per heavy atom. The van der Waals surface area contributed by atoms with Gasteiger partial charge in [0.1, 0.15) is 0 Å². The van der Waals surface area contributed by atoms with Crippen LogP contribution >= 0.6 is 11.3 Å². The lowest BCUT2D eigenvalue weighted by molar-refractivity contribution is 0.427. The number of aromatic nitrogens is 1. The SMILES string of the molecule is CCNCc1csc(N(C)C2CCCCC2)n1. The first-order chi connectivity index (χ1) is 8.31. The maximum absolute atomic E-state index is 4.70. The largest absolute Gasteiger partial charge is 0.348 e. The van der Waals surface area contributed by atoms with E-state index in [4.69, 9.17) is 4.98 Å². The summed E-state index contributed by atoms with van der Waals surface area (Å²) in [5.41, 5.74) is 1.18. The van der Waals surface area contributed by atoms with Gasteiger partial charge in [-0.3, -0.25) is 0 Å². The molecule has 1 aromatic heterocycles. The highest BCUT2D eigenvalue weighted by Crippen LogP contribution is 2.28. The van der Waals surface area contributed by atoms with Crippen LogP contribution in [0.4, 0.5) is 5.13 Å². The third-order valence-electron chi connectivity index (χ3n) is 3.52. The minimum Gasteiger partial charge on any atom is -0.348 e. The van der Waals surface area contributed by atoms with Crippen molar-refractivity contribution in [3.63, 3.8) is 0 Å². The third kappa shape index (κ3) is 3.42. The Labute approximate surface area is 108 Å². The molecular weight excluding hydrogens is 230 g/mol. The summed E-state index contributed by atoms with van der Waals surface area (Å²) in [6.07, 6.45) is 6.83. The molecule has 0 aromatic carbocycles. The van der Waals surface area contributed by atoms with E-state index in [0.29, 0.717) is 6.04 Å². The molecule has 0 spiro atoms. The normalized spacial score (nSPS) is 17.3. The third-order valence-corrected chi connectivity index (χ3v) is 4.50.